The van der Waals surface area contributed by atoms with E-state index >= 15 is 0 Å². The van der Waals surface area contributed by atoms with Gasteiger partial charge in [-0.3, -0.25) is 4.79 Å². The lowest BCUT2D eigenvalue weighted by molar-refractivity contribution is -0.116. The molecule has 2 rings (SSSR count). The van der Waals surface area contributed by atoms with E-state index in [1.807, 2.05) is 6.92 Å². The third-order valence-corrected chi connectivity index (χ3v) is 6.01. The molecule has 0 bridgehead atoms. The van der Waals surface area contributed by atoms with Gasteiger partial charge in [0.25, 0.3) is 0 Å². The first kappa shape index (κ1) is 19.5. The summed E-state index contributed by atoms with van der Waals surface area (Å²) in [7, 11) is -3.88. The summed E-state index contributed by atoms with van der Waals surface area (Å²) < 4.78 is 39.8. The maximum Gasteiger partial charge on any atom is 0.243 e. The Bertz CT molecular complexity index is 777. The molecule has 25 heavy (non-hydrogen) atoms. The number of hydrogen-bond donors (Lipinski definition) is 1. The lowest BCUT2D eigenvalue weighted by atomic mass is 10.2. The summed E-state index contributed by atoms with van der Waals surface area (Å²) in [5, 5.41) is 4.70. The molecule has 9 heteroatoms. The molecule has 0 aliphatic carbocycles. The number of unbranched alkanes of at least 4 members (excludes halogenated alkanes) is 2. The number of anilines is 1. The normalized spacial score (nSPS) is 11.6. The van der Waals surface area contributed by atoms with Crippen LogP contribution in [0.4, 0.5) is 9.52 Å². The van der Waals surface area contributed by atoms with Gasteiger partial charge in [0.2, 0.25) is 15.9 Å². The van der Waals surface area contributed by atoms with Gasteiger partial charge in [0.15, 0.2) is 5.13 Å². The van der Waals surface area contributed by atoms with E-state index in [4.69, 9.17) is 0 Å². The molecule has 1 heterocycles. The largest absolute Gasteiger partial charge is 0.301 e. The number of sulfonamides is 1. The molecular weight excluding hydrogens is 365 g/mol. The van der Waals surface area contributed by atoms with Gasteiger partial charge in [-0.05, 0) is 30.7 Å². The van der Waals surface area contributed by atoms with Gasteiger partial charge in [0.05, 0.1) is 11.4 Å². The number of thiazole rings is 1. The van der Waals surface area contributed by atoms with Crippen molar-refractivity contribution in [2.45, 2.75) is 31.1 Å². The molecule has 1 N–H and O–H groups in total. The van der Waals surface area contributed by atoms with Crippen LogP contribution in [-0.2, 0) is 14.8 Å². The zero-order valence-corrected chi connectivity index (χ0v) is 15.4. The minimum absolute atomic E-state index is 0.0348. The topological polar surface area (TPSA) is 79.4 Å². The van der Waals surface area contributed by atoms with Crippen LogP contribution in [-0.4, -0.2) is 36.7 Å². The van der Waals surface area contributed by atoms with Crippen molar-refractivity contribution >= 4 is 32.4 Å². The summed E-state index contributed by atoms with van der Waals surface area (Å²) >= 11 is 1.25. The first-order valence-electron chi connectivity index (χ1n) is 7.88. The van der Waals surface area contributed by atoms with E-state index in [1.165, 1.54) is 23.5 Å². The molecule has 0 spiro atoms. The Morgan fingerprint density at radius 3 is 2.60 bits per heavy atom. The number of amides is 1. The van der Waals surface area contributed by atoms with Gasteiger partial charge >= 0.3 is 0 Å². The van der Waals surface area contributed by atoms with Crippen molar-refractivity contribution in [1.82, 2.24) is 9.29 Å². The Morgan fingerprint density at radius 2 is 2.00 bits per heavy atom. The van der Waals surface area contributed by atoms with Crippen molar-refractivity contribution < 1.29 is 17.6 Å². The molecule has 2 aromatic rings. The third kappa shape index (κ3) is 5.58. The molecule has 0 radical (unpaired) electrons. The molecule has 0 unspecified atom stereocenters. The van der Waals surface area contributed by atoms with Gasteiger partial charge in [-0.2, -0.15) is 4.31 Å². The van der Waals surface area contributed by atoms with E-state index in [9.17, 15) is 17.6 Å². The zero-order valence-electron chi connectivity index (χ0n) is 13.8. The van der Waals surface area contributed by atoms with Crippen LogP contribution >= 0.6 is 11.3 Å². The van der Waals surface area contributed by atoms with Gasteiger partial charge in [-0.15, -0.1) is 11.3 Å². The van der Waals surface area contributed by atoms with Gasteiger partial charge < -0.3 is 5.32 Å². The summed E-state index contributed by atoms with van der Waals surface area (Å²) in [5.74, 6) is -0.977. The molecule has 0 aliphatic heterocycles. The van der Waals surface area contributed by atoms with Crippen molar-refractivity contribution in [1.29, 1.82) is 0 Å². The second-order valence-corrected chi connectivity index (χ2v) is 8.22. The van der Waals surface area contributed by atoms with Crippen LogP contribution in [0.5, 0.6) is 0 Å². The Kier molecular flexibility index (Phi) is 7.03. The molecule has 1 amide bonds. The Morgan fingerprint density at radius 1 is 1.28 bits per heavy atom. The second-order valence-electron chi connectivity index (χ2n) is 5.39. The summed E-state index contributed by atoms with van der Waals surface area (Å²) in [6.45, 7) is 1.91. The smallest absolute Gasteiger partial charge is 0.243 e. The first-order chi connectivity index (χ1) is 11.9. The Hall–Kier alpha value is -1.84. The monoisotopic (exact) mass is 385 g/mol. The van der Waals surface area contributed by atoms with Crippen LogP contribution in [0.3, 0.4) is 0 Å². The second kappa shape index (κ2) is 9.02. The summed E-state index contributed by atoms with van der Waals surface area (Å²) in [6, 6.07) is 4.59. The standard InChI is InChI=1S/C16H20FN3O3S2/c1-2-3-4-10-20(12-15(21)19-16-18-9-11-24-16)25(22,23)14-7-5-13(17)6-8-14/h5-9,11H,2-4,10,12H2,1H3,(H,18,19,21). The molecular formula is C16H20FN3O3S2. The predicted octanol–water partition coefficient (Wildman–Crippen LogP) is 3.10. The van der Waals surface area contributed by atoms with Gasteiger partial charge in [0.1, 0.15) is 5.82 Å². The zero-order chi connectivity index (χ0) is 18.3. The fourth-order valence-electron chi connectivity index (χ4n) is 2.18. The van der Waals surface area contributed by atoms with E-state index < -0.39 is 21.7 Å². The average Bonchev–Trinajstić information content (AvgIpc) is 3.07. The van der Waals surface area contributed by atoms with E-state index in [2.05, 4.69) is 10.3 Å². The molecule has 0 fully saturated rings. The van der Waals surface area contributed by atoms with Gasteiger partial charge in [-0.25, -0.2) is 17.8 Å². The fraction of sp³-hybridized carbons (Fsp3) is 0.375. The van der Waals surface area contributed by atoms with Crippen LogP contribution in [0.25, 0.3) is 0 Å². The summed E-state index contributed by atoms with van der Waals surface area (Å²) in [5.41, 5.74) is 0. The van der Waals surface area contributed by atoms with E-state index in [-0.39, 0.29) is 18.0 Å². The SMILES string of the molecule is CCCCCN(CC(=O)Nc1nccs1)S(=O)(=O)c1ccc(F)cc1. The average molecular weight is 385 g/mol. The molecule has 0 aliphatic rings. The molecule has 0 atom stereocenters. The van der Waals surface area contributed by atoms with Crippen LogP contribution in [0.2, 0.25) is 0 Å². The number of rotatable bonds is 9. The number of hydrogen-bond acceptors (Lipinski definition) is 5. The quantitative estimate of drug-likeness (QED) is 0.673. The third-order valence-electron chi connectivity index (χ3n) is 3.46. The first-order valence-corrected chi connectivity index (χ1v) is 10.2. The molecule has 0 saturated carbocycles. The molecule has 0 saturated heterocycles. The maximum atomic E-state index is 13.1. The number of carbonyl (C=O) groups is 1. The van der Waals surface area contributed by atoms with Crippen molar-refractivity contribution in [3.05, 3.63) is 41.7 Å². The van der Waals surface area contributed by atoms with Gasteiger partial charge in [-0.1, -0.05) is 19.8 Å². The Labute approximate surface area is 150 Å². The number of nitrogens with zero attached hydrogens (tertiary/aromatic N) is 2. The van der Waals surface area contributed by atoms with Crippen LogP contribution in [0, 0.1) is 5.82 Å². The van der Waals surface area contributed by atoms with E-state index in [0.29, 0.717) is 11.6 Å². The summed E-state index contributed by atoms with van der Waals surface area (Å²) in [4.78, 5) is 16.1. The van der Waals surface area contributed by atoms with E-state index in [1.54, 1.807) is 11.6 Å². The van der Waals surface area contributed by atoms with Crippen molar-refractivity contribution in [3.8, 4) is 0 Å². The highest BCUT2D eigenvalue weighted by atomic mass is 32.2. The van der Waals surface area contributed by atoms with Crippen LogP contribution < -0.4 is 5.32 Å². The highest BCUT2D eigenvalue weighted by Crippen LogP contribution is 2.18. The number of carbonyl (C=O) groups excluding carboxylic acids is 1. The number of halogens is 1. The van der Waals surface area contributed by atoms with Crippen molar-refractivity contribution in [3.63, 3.8) is 0 Å². The highest BCUT2D eigenvalue weighted by molar-refractivity contribution is 7.89. The maximum absolute atomic E-state index is 13.1. The molecule has 1 aromatic carbocycles. The number of benzene rings is 1. The summed E-state index contributed by atoms with van der Waals surface area (Å²) in [6.07, 6.45) is 3.97. The van der Waals surface area contributed by atoms with Crippen LogP contribution in [0.15, 0.2) is 40.7 Å². The molecule has 136 valence electrons. The number of nitrogens with one attached hydrogen (secondary N) is 1. The highest BCUT2D eigenvalue weighted by Gasteiger charge is 2.26. The Balaban J connectivity index is 2.15. The van der Waals surface area contributed by atoms with E-state index in [0.717, 1.165) is 29.3 Å². The lowest BCUT2D eigenvalue weighted by Crippen LogP contribution is -2.38. The minimum atomic E-state index is -3.88. The fourth-order valence-corrected chi connectivity index (χ4v) is 4.16. The number of aromatic nitrogens is 1. The lowest BCUT2D eigenvalue weighted by Gasteiger charge is -2.21. The van der Waals surface area contributed by atoms with Crippen molar-refractivity contribution in [2.24, 2.45) is 0 Å². The predicted molar refractivity (Wildman–Crippen MR) is 95.4 cm³/mol. The minimum Gasteiger partial charge on any atom is -0.301 e. The molecule has 6 nitrogen and oxygen atoms in total. The van der Waals surface area contributed by atoms with Gasteiger partial charge in [0, 0.05) is 18.1 Å². The molecule has 1 aromatic heterocycles. The van der Waals surface area contributed by atoms with Crippen LogP contribution in [0.1, 0.15) is 26.2 Å². The van der Waals surface area contributed by atoms with Crippen molar-refractivity contribution in [2.75, 3.05) is 18.4 Å².